The molecular weight excluding hydrogens is 521 g/mol. The summed E-state index contributed by atoms with van der Waals surface area (Å²) in [6.07, 6.45) is 4.87. The first-order valence-electron chi connectivity index (χ1n) is 13.4. The number of hydrogen-bond donors (Lipinski definition) is 2. The van der Waals surface area contributed by atoms with E-state index in [1.165, 1.54) is 12.1 Å². The molecule has 3 atom stereocenters. The minimum atomic E-state index is -4.52. The molecule has 0 aliphatic carbocycles. The molecule has 2 aromatic carbocycles. The van der Waals surface area contributed by atoms with E-state index in [0.29, 0.717) is 24.8 Å². The predicted molar refractivity (Wildman–Crippen MR) is 151 cm³/mol. The average Bonchev–Trinajstić information content (AvgIpc) is 2.96. The van der Waals surface area contributed by atoms with Gasteiger partial charge in [0, 0.05) is 74.2 Å². The Kier molecular flexibility index (Phi) is 10.1. The summed E-state index contributed by atoms with van der Waals surface area (Å²) in [7, 11) is 1.73. The van der Waals surface area contributed by atoms with E-state index in [1.807, 2.05) is 31.5 Å². The van der Waals surface area contributed by atoms with Crippen LogP contribution in [0, 0.1) is 24.7 Å². The van der Waals surface area contributed by atoms with E-state index >= 15 is 0 Å². The fraction of sp³-hybridized carbons (Fsp3) is 0.433. The number of nitrogens with one attached hydrogen (secondary N) is 2. The van der Waals surface area contributed by atoms with Crippen LogP contribution in [0.1, 0.15) is 34.3 Å². The second-order valence-corrected chi connectivity index (χ2v) is 10.1. The van der Waals surface area contributed by atoms with Crippen molar-refractivity contribution in [3.05, 3.63) is 71.4 Å². The van der Waals surface area contributed by atoms with Crippen LogP contribution in [0.15, 0.2) is 64.7 Å². The number of aryl methyl sites for hydroxylation is 1. The van der Waals surface area contributed by atoms with Gasteiger partial charge >= 0.3 is 6.18 Å². The summed E-state index contributed by atoms with van der Waals surface area (Å²) in [5, 5.41) is 6.16. The first-order chi connectivity index (χ1) is 19.2. The molecule has 1 fully saturated rings. The van der Waals surface area contributed by atoms with E-state index in [-0.39, 0.29) is 23.5 Å². The summed E-state index contributed by atoms with van der Waals surface area (Å²) in [6, 6.07) is 9.70. The minimum Gasteiger partial charge on any atom is -0.384 e. The molecule has 3 unspecified atom stereocenters. The number of nitrogens with zero attached hydrogens (tertiary/aromatic N) is 2. The van der Waals surface area contributed by atoms with Gasteiger partial charge in [-0.05, 0) is 67.7 Å². The highest BCUT2D eigenvalue weighted by Crippen LogP contribution is 2.30. The maximum atomic E-state index is 13.1. The van der Waals surface area contributed by atoms with Crippen molar-refractivity contribution in [2.75, 3.05) is 44.0 Å². The number of carbonyl (C=O) groups excluding carboxylic acids is 1. The number of benzene rings is 2. The van der Waals surface area contributed by atoms with Gasteiger partial charge in [-0.3, -0.25) is 9.79 Å². The molecule has 0 aromatic heterocycles. The Bertz CT molecular complexity index is 1240. The molecule has 40 heavy (non-hydrogen) atoms. The fourth-order valence-electron chi connectivity index (χ4n) is 4.82. The van der Waals surface area contributed by atoms with Crippen molar-refractivity contribution in [3.8, 4) is 0 Å². The zero-order valence-electron chi connectivity index (χ0n) is 22.7. The summed E-state index contributed by atoms with van der Waals surface area (Å²) in [5.74, 6) is -0.187. The van der Waals surface area contributed by atoms with Gasteiger partial charge in [0.25, 0.3) is 5.91 Å². The van der Waals surface area contributed by atoms with Gasteiger partial charge < -0.3 is 25.1 Å². The van der Waals surface area contributed by atoms with E-state index < -0.39 is 17.6 Å². The SMILES string of the molecule is CN=CC(CNc1cc(NC(=O)c2cccc(C(F)(F)F)c2)ccc1C)C1C=NC=CC1OCC1CCOCC1. The third-order valence-electron chi connectivity index (χ3n) is 7.18. The van der Waals surface area contributed by atoms with Gasteiger partial charge in [-0.25, -0.2) is 0 Å². The van der Waals surface area contributed by atoms with Crippen molar-refractivity contribution in [2.45, 2.75) is 32.0 Å². The Labute approximate surface area is 232 Å². The average molecular weight is 557 g/mol. The molecule has 2 N–H and O–H groups in total. The third-order valence-corrected chi connectivity index (χ3v) is 7.18. The minimum absolute atomic E-state index is 0.0230. The topological polar surface area (TPSA) is 84.3 Å². The molecular formula is C30H35F3N4O3. The molecule has 2 heterocycles. The highest BCUT2D eigenvalue weighted by molar-refractivity contribution is 6.04. The summed E-state index contributed by atoms with van der Waals surface area (Å²) in [6.45, 7) is 4.68. The standard InChI is InChI=1S/C30H35F3N4O3/c1-20-6-7-25(37-29(38)22-4-3-5-24(14-22)30(31,32)33)15-27(20)36-17-23(16-34-2)26-18-35-11-8-28(26)40-19-21-9-12-39-13-10-21/h3-8,11,14-16,18,21,23,26,28,36H,9-10,12-13,17,19H2,1-2H3,(H,37,38). The van der Waals surface area contributed by atoms with Crippen molar-refractivity contribution < 1.29 is 27.4 Å². The van der Waals surface area contributed by atoms with Gasteiger partial charge in [-0.15, -0.1) is 0 Å². The van der Waals surface area contributed by atoms with Crippen LogP contribution in [-0.2, 0) is 15.7 Å². The highest BCUT2D eigenvalue weighted by atomic mass is 19.4. The zero-order chi connectivity index (χ0) is 28.5. The van der Waals surface area contributed by atoms with Gasteiger partial charge in [0.2, 0.25) is 0 Å². The number of carbonyl (C=O) groups is 1. The van der Waals surface area contributed by atoms with E-state index in [9.17, 15) is 18.0 Å². The van der Waals surface area contributed by atoms with E-state index in [0.717, 1.165) is 49.4 Å². The summed E-state index contributed by atoms with van der Waals surface area (Å²) in [4.78, 5) is 21.3. The Balaban J connectivity index is 1.41. The molecule has 0 saturated carbocycles. The van der Waals surface area contributed by atoms with E-state index in [4.69, 9.17) is 9.47 Å². The van der Waals surface area contributed by atoms with Crippen LogP contribution < -0.4 is 10.6 Å². The molecule has 214 valence electrons. The van der Waals surface area contributed by atoms with Crippen molar-refractivity contribution in [1.82, 2.24) is 0 Å². The molecule has 2 aliphatic heterocycles. The Morgan fingerprint density at radius 2 is 2.02 bits per heavy atom. The number of hydrogen-bond acceptors (Lipinski definition) is 6. The molecule has 0 bridgehead atoms. The lowest BCUT2D eigenvalue weighted by atomic mass is 9.87. The number of alkyl halides is 3. The maximum Gasteiger partial charge on any atom is 0.416 e. The maximum absolute atomic E-state index is 13.1. The molecule has 10 heteroatoms. The van der Waals surface area contributed by atoms with Crippen molar-refractivity contribution in [2.24, 2.45) is 27.7 Å². The monoisotopic (exact) mass is 556 g/mol. The lowest BCUT2D eigenvalue weighted by Crippen LogP contribution is -2.37. The first kappa shape index (κ1) is 29.5. The Hall–Kier alpha value is -3.50. The van der Waals surface area contributed by atoms with Gasteiger partial charge in [-0.2, -0.15) is 13.2 Å². The second-order valence-electron chi connectivity index (χ2n) is 10.1. The first-order valence-corrected chi connectivity index (χ1v) is 13.4. The molecule has 1 amide bonds. The van der Waals surface area contributed by atoms with E-state index in [2.05, 4.69) is 20.6 Å². The third kappa shape index (κ3) is 8.02. The quantitative estimate of drug-likeness (QED) is 0.351. The van der Waals surface area contributed by atoms with Crippen molar-refractivity contribution in [1.29, 1.82) is 0 Å². The van der Waals surface area contributed by atoms with Gasteiger partial charge in [0.1, 0.15) is 0 Å². The molecule has 2 aliphatic rings. The number of halogens is 3. The number of aliphatic imine (C=N–C) groups is 2. The predicted octanol–water partition coefficient (Wildman–Crippen LogP) is 6.02. The van der Waals surface area contributed by atoms with Gasteiger partial charge in [0.15, 0.2) is 0 Å². The molecule has 7 nitrogen and oxygen atoms in total. The zero-order valence-corrected chi connectivity index (χ0v) is 22.7. The fourth-order valence-corrected chi connectivity index (χ4v) is 4.82. The van der Waals surface area contributed by atoms with Crippen molar-refractivity contribution >= 4 is 29.7 Å². The molecule has 0 spiro atoms. The lowest BCUT2D eigenvalue weighted by molar-refractivity contribution is -0.137. The largest absolute Gasteiger partial charge is 0.416 e. The van der Waals surface area contributed by atoms with Crippen molar-refractivity contribution in [3.63, 3.8) is 0 Å². The summed E-state index contributed by atoms with van der Waals surface area (Å²) >= 11 is 0. The number of amides is 1. The number of rotatable bonds is 10. The normalized spacial score (nSPS) is 20.5. The van der Waals surface area contributed by atoms with Crippen LogP contribution in [0.4, 0.5) is 24.5 Å². The van der Waals surface area contributed by atoms with Crippen LogP contribution in [0.3, 0.4) is 0 Å². The Morgan fingerprint density at radius 3 is 2.77 bits per heavy atom. The Morgan fingerprint density at radius 1 is 1.23 bits per heavy atom. The number of anilines is 2. The molecule has 4 rings (SSSR count). The smallest absolute Gasteiger partial charge is 0.384 e. The van der Waals surface area contributed by atoms with Crippen LogP contribution in [0.5, 0.6) is 0 Å². The second kappa shape index (κ2) is 13.7. The van der Waals surface area contributed by atoms with Crippen LogP contribution >= 0.6 is 0 Å². The van der Waals surface area contributed by atoms with Gasteiger partial charge in [-0.1, -0.05) is 12.1 Å². The molecule has 0 radical (unpaired) electrons. The van der Waals surface area contributed by atoms with Gasteiger partial charge in [0.05, 0.1) is 18.3 Å². The molecule has 2 aromatic rings. The van der Waals surface area contributed by atoms with Crippen LogP contribution in [-0.4, -0.2) is 57.9 Å². The van der Waals surface area contributed by atoms with Crippen LogP contribution in [0.2, 0.25) is 0 Å². The highest BCUT2D eigenvalue weighted by Gasteiger charge is 2.31. The summed E-state index contributed by atoms with van der Waals surface area (Å²) in [5.41, 5.74) is 1.27. The summed E-state index contributed by atoms with van der Waals surface area (Å²) < 4.78 is 51.0. The molecule has 1 saturated heterocycles. The number of ether oxygens (including phenoxy) is 2. The van der Waals surface area contributed by atoms with Crippen LogP contribution in [0.25, 0.3) is 0 Å². The van der Waals surface area contributed by atoms with E-state index in [1.54, 1.807) is 25.4 Å². The lowest BCUT2D eigenvalue weighted by Gasteiger charge is -2.31.